The Bertz CT molecular complexity index is 1270. The van der Waals surface area contributed by atoms with Crippen molar-refractivity contribution in [2.45, 2.75) is 51.4 Å². The van der Waals surface area contributed by atoms with Crippen molar-refractivity contribution >= 4 is 60.4 Å². The number of hydrogen-bond donors (Lipinski definition) is 0. The molecular weight excluding hydrogens is 419 g/mol. The third-order valence-corrected chi connectivity index (χ3v) is 10.4. The van der Waals surface area contributed by atoms with Crippen LogP contribution in [0, 0.1) is 0 Å². The van der Waals surface area contributed by atoms with Crippen molar-refractivity contribution < 1.29 is 4.57 Å². The molecular formula is C24H28BN4S2+. The highest BCUT2D eigenvalue weighted by Gasteiger charge is 2.70. The van der Waals surface area contributed by atoms with E-state index in [2.05, 4.69) is 90.4 Å². The lowest BCUT2D eigenvalue weighted by molar-refractivity contribution is -0.733. The van der Waals surface area contributed by atoms with Gasteiger partial charge in [-0.3, -0.25) is 4.81 Å². The highest BCUT2D eigenvalue weighted by Crippen LogP contribution is 2.57. The standard InChI is InChI=1S/C24H28BN4S2/c1-5-23(3)24(4,6-2)29-18-12-8-10-14-20(18)31-22(29)28-16-15-27(25(23)28)21-26-17-11-7-9-13-19(17)30-21/h7-14H,5-6,15-16H2,1-4H3/q+1. The van der Waals surface area contributed by atoms with Crippen molar-refractivity contribution in [2.24, 2.45) is 0 Å². The van der Waals surface area contributed by atoms with Crippen LogP contribution in [-0.2, 0) is 5.54 Å². The van der Waals surface area contributed by atoms with E-state index in [0.29, 0.717) is 6.98 Å². The fraction of sp³-hybridized carbons (Fsp3) is 0.417. The van der Waals surface area contributed by atoms with E-state index >= 15 is 0 Å². The lowest BCUT2D eigenvalue weighted by Gasteiger charge is -2.50. The first-order valence-electron chi connectivity index (χ1n) is 11.3. The summed E-state index contributed by atoms with van der Waals surface area (Å²) in [4.78, 5) is 10.4. The number of nitrogens with zero attached hydrogens (tertiary/aromatic N) is 4. The molecule has 1 fully saturated rings. The predicted octanol–water partition coefficient (Wildman–Crippen LogP) is 5.92. The van der Waals surface area contributed by atoms with Gasteiger partial charge in [0.2, 0.25) is 0 Å². The minimum atomic E-state index is 0.0249. The number of para-hydroxylation sites is 2. The average molecular weight is 447 g/mol. The van der Waals surface area contributed by atoms with Crippen molar-refractivity contribution in [1.29, 1.82) is 0 Å². The van der Waals surface area contributed by atoms with E-state index in [-0.39, 0.29) is 10.9 Å². The molecule has 2 atom stereocenters. The molecule has 31 heavy (non-hydrogen) atoms. The summed E-state index contributed by atoms with van der Waals surface area (Å²) < 4.78 is 5.34. The third kappa shape index (κ3) is 2.42. The highest BCUT2D eigenvalue weighted by atomic mass is 32.1. The van der Waals surface area contributed by atoms with Crippen LogP contribution in [0.5, 0.6) is 0 Å². The zero-order valence-corrected chi connectivity index (χ0v) is 20.3. The Labute approximate surface area is 192 Å². The molecule has 4 nitrogen and oxygen atoms in total. The Morgan fingerprint density at radius 2 is 1.65 bits per heavy atom. The Balaban J connectivity index is 1.59. The molecule has 0 N–H and O–H groups in total. The average Bonchev–Trinajstić information content (AvgIpc) is 3.51. The van der Waals surface area contributed by atoms with Gasteiger partial charge in [-0.2, -0.15) is 0 Å². The third-order valence-electron chi connectivity index (χ3n) is 8.16. The molecule has 2 aliphatic heterocycles. The van der Waals surface area contributed by atoms with Crippen LogP contribution >= 0.6 is 22.7 Å². The molecule has 4 aromatic rings. The Morgan fingerprint density at radius 1 is 0.935 bits per heavy atom. The van der Waals surface area contributed by atoms with Crippen LogP contribution in [0.4, 0.5) is 10.3 Å². The molecule has 158 valence electrons. The maximum atomic E-state index is 5.07. The van der Waals surface area contributed by atoms with Crippen LogP contribution in [0.15, 0.2) is 48.5 Å². The van der Waals surface area contributed by atoms with Crippen LogP contribution in [0.2, 0.25) is 5.31 Å². The molecule has 0 radical (unpaired) electrons. The van der Waals surface area contributed by atoms with Gasteiger partial charge in [0.05, 0.1) is 26.8 Å². The minimum Gasteiger partial charge on any atom is -0.346 e. The van der Waals surface area contributed by atoms with Gasteiger partial charge in [0.1, 0.15) is 11.1 Å². The summed E-state index contributed by atoms with van der Waals surface area (Å²) in [7, 11) is 0. The second-order valence-corrected chi connectivity index (χ2v) is 11.3. The molecule has 2 aromatic carbocycles. The topological polar surface area (TPSA) is 23.3 Å². The molecule has 0 bridgehead atoms. The van der Waals surface area contributed by atoms with Crippen LogP contribution < -0.4 is 14.2 Å². The van der Waals surface area contributed by atoms with E-state index < -0.39 is 0 Å². The summed E-state index contributed by atoms with van der Waals surface area (Å²) >= 11 is 3.79. The van der Waals surface area contributed by atoms with Crippen LogP contribution in [0.1, 0.15) is 40.5 Å². The molecule has 0 aliphatic carbocycles. The van der Waals surface area contributed by atoms with Crippen LogP contribution in [0.25, 0.3) is 20.4 Å². The van der Waals surface area contributed by atoms with Crippen molar-refractivity contribution in [3.8, 4) is 0 Å². The summed E-state index contributed by atoms with van der Waals surface area (Å²) in [6, 6.07) is 17.5. The predicted molar refractivity (Wildman–Crippen MR) is 135 cm³/mol. The van der Waals surface area contributed by atoms with Gasteiger partial charge in [-0.25, -0.2) is 9.55 Å². The molecule has 0 saturated carbocycles. The Morgan fingerprint density at radius 3 is 2.39 bits per heavy atom. The summed E-state index contributed by atoms with van der Waals surface area (Å²) in [5.41, 5.74) is 2.52. The van der Waals surface area contributed by atoms with E-state index in [4.69, 9.17) is 4.98 Å². The summed E-state index contributed by atoms with van der Waals surface area (Å²) in [6.45, 7) is 12.1. The minimum absolute atomic E-state index is 0.0249. The second-order valence-electron chi connectivity index (χ2n) is 9.31. The van der Waals surface area contributed by atoms with E-state index in [1.54, 1.807) is 0 Å². The maximum absolute atomic E-state index is 5.07. The van der Waals surface area contributed by atoms with E-state index in [1.807, 2.05) is 22.7 Å². The Hall–Kier alpha value is -2.12. The van der Waals surface area contributed by atoms with E-state index in [9.17, 15) is 0 Å². The van der Waals surface area contributed by atoms with Gasteiger partial charge in [-0.1, -0.05) is 56.4 Å². The summed E-state index contributed by atoms with van der Waals surface area (Å²) in [5, 5.41) is 2.66. The van der Waals surface area contributed by atoms with Gasteiger partial charge >= 0.3 is 12.1 Å². The second kappa shape index (κ2) is 6.69. The number of benzene rings is 2. The quantitative estimate of drug-likeness (QED) is 0.288. The first-order valence-corrected chi connectivity index (χ1v) is 13.0. The van der Waals surface area contributed by atoms with Crippen LogP contribution in [-0.4, -0.2) is 25.1 Å². The van der Waals surface area contributed by atoms with E-state index in [0.717, 1.165) is 31.4 Å². The maximum Gasteiger partial charge on any atom is 0.509 e. The van der Waals surface area contributed by atoms with Crippen molar-refractivity contribution in [3.05, 3.63) is 48.5 Å². The molecule has 2 aliphatic rings. The monoisotopic (exact) mass is 447 g/mol. The van der Waals surface area contributed by atoms with Gasteiger partial charge in [-0.05, 0) is 55.4 Å². The number of anilines is 2. The lowest BCUT2D eigenvalue weighted by atomic mass is 9.40. The SMILES string of the molecule is CCC1(C)B2N(c3nc4ccccc4s3)CCN2c2sc3ccccc3[n+]2C1(C)CC. The number of aromatic nitrogens is 2. The van der Waals surface area contributed by atoms with E-state index in [1.165, 1.54) is 25.2 Å². The van der Waals surface area contributed by atoms with Gasteiger partial charge in [0.15, 0.2) is 5.13 Å². The van der Waals surface area contributed by atoms with Gasteiger partial charge in [0.25, 0.3) is 0 Å². The number of thiazole rings is 2. The lowest BCUT2D eigenvalue weighted by Crippen LogP contribution is -2.74. The van der Waals surface area contributed by atoms with Crippen molar-refractivity contribution in [2.75, 3.05) is 22.7 Å². The molecule has 0 spiro atoms. The molecule has 6 rings (SSSR count). The fourth-order valence-corrected chi connectivity index (χ4v) is 8.32. The number of fused-ring (bicyclic) bond motifs is 6. The summed E-state index contributed by atoms with van der Waals surface area (Å²) in [6.07, 6.45) is 2.23. The first-order chi connectivity index (χ1) is 15.0. The first kappa shape index (κ1) is 19.6. The molecule has 0 amide bonds. The van der Waals surface area contributed by atoms with Crippen molar-refractivity contribution in [3.63, 3.8) is 0 Å². The van der Waals surface area contributed by atoms with Gasteiger partial charge < -0.3 is 4.81 Å². The smallest absolute Gasteiger partial charge is 0.346 e. The Kier molecular flexibility index (Phi) is 4.22. The zero-order valence-electron chi connectivity index (χ0n) is 18.6. The number of rotatable bonds is 3. The molecule has 4 heterocycles. The van der Waals surface area contributed by atoms with Crippen LogP contribution in [0.3, 0.4) is 0 Å². The normalized spacial score (nSPS) is 25.5. The van der Waals surface area contributed by atoms with Crippen molar-refractivity contribution in [1.82, 2.24) is 4.98 Å². The number of hydrogen-bond acceptors (Lipinski definition) is 5. The largest absolute Gasteiger partial charge is 0.509 e. The molecule has 2 unspecified atom stereocenters. The van der Waals surface area contributed by atoms with Gasteiger partial charge in [0, 0.05) is 6.54 Å². The zero-order chi connectivity index (χ0) is 21.4. The fourth-order valence-electron chi connectivity index (χ4n) is 6.00. The molecule has 2 aromatic heterocycles. The summed E-state index contributed by atoms with van der Waals surface area (Å²) in [5.74, 6) is 0. The van der Waals surface area contributed by atoms with Gasteiger partial charge in [-0.15, -0.1) is 0 Å². The molecule has 1 saturated heterocycles. The highest BCUT2D eigenvalue weighted by molar-refractivity contribution is 7.23. The molecule has 7 heteroatoms.